The normalized spacial score (nSPS) is 23.0. The molecule has 1 aromatic rings. The lowest BCUT2D eigenvalue weighted by atomic mass is 10.0. The average molecular weight is 392 g/mol. The van der Waals surface area contributed by atoms with Crippen LogP contribution in [0.5, 0.6) is 0 Å². The Kier molecular flexibility index (Phi) is 8.06. The van der Waals surface area contributed by atoms with Crippen molar-refractivity contribution in [3.63, 3.8) is 0 Å². The zero-order chi connectivity index (χ0) is 19.8. The largest absolute Gasteiger partial charge is 0.379 e. The van der Waals surface area contributed by atoms with Gasteiger partial charge in [0.15, 0.2) is 5.96 Å². The SMILES string of the molecule is CCNC(=NCC(c1ccc(F)cc1)N1CCOCC1)NCC1CCCN1C. The van der Waals surface area contributed by atoms with E-state index in [0.717, 1.165) is 50.9 Å². The predicted molar refractivity (Wildman–Crippen MR) is 111 cm³/mol. The number of nitrogens with zero attached hydrogens (tertiary/aromatic N) is 3. The molecule has 156 valence electrons. The van der Waals surface area contributed by atoms with Crippen molar-refractivity contribution in [3.8, 4) is 0 Å². The summed E-state index contributed by atoms with van der Waals surface area (Å²) >= 11 is 0. The van der Waals surface area contributed by atoms with Gasteiger partial charge in [-0.1, -0.05) is 12.1 Å². The first-order valence-electron chi connectivity index (χ1n) is 10.5. The summed E-state index contributed by atoms with van der Waals surface area (Å²) in [5.74, 6) is 0.645. The number of halogens is 1. The number of aliphatic imine (C=N–C) groups is 1. The van der Waals surface area contributed by atoms with Crippen molar-refractivity contribution in [2.45, 2.75) is 31.8 Å². The number of guanidine groups is 1. The number of benzene rings is 1. The van der Waals surface area contributed by atoms with Crippen molar-refractivity contribution in [3.05, 3.63) is 35.6 Å². The van der Waals surface area contributed by atoms with Crippen LogP contribution in [0.3, 0.4) is 0 Å². The molecule has 28 heavy (non-hydrogen) atoms. The van der Waals surface area contributed by atoms with Crippen LogP contribution in [0.4, 0.5) is 4.39 Å². The Hall–Kier alpha value is -1.70. The summed E-state index contributed by atoms with van der Waals surface area (Å²) in [7, 11) is 2.19. The van der Waals surface area contributed by atoms with Crippen LogP contribution in [0.25, 0.3) is 0 Å². The second kappa shape index (κ2) is 10.7. The van der Waals surface area contributed by atoms with Crippen molar-refractivity contribution < 1.29 is 9.13 Å². The van der Waals surface area contributed by atoms with E-state index < -0.39 is 0 Å². The maximum atomic E-state index is 13.4. The molecule has 0 radical (unpaired) electrons. The number of likely N-dealkylation sites (tertiary alicyclic amines) is 1. The molecule has 1 aromatic carbocycles. The molecule has 2 aliphatic heterocycles. The number of likely N-dealkylation sites (N-methyl/N-ethyl adjacent to an activating group) is 1. The van der Waals surface area contributed by atoms with Gasteiger partial charge in [-0.25, -0.2) is 4.39 Å². The fraction of sp³-hybridized carbons (Fsp3) is 0.667. The average Bonchev–Trinajstić information content (AvgIpc) is 3.13. The number of hydrogen-bond acceptors (Lipinski definition) is 4. The van der Waals surface area contributed by atoms with Crippen LogP contribution in [-0.2, 0) is 4.74 Å². The first-order chi connectivity index (χ1) is 13.7. The van der Waals surface area contributed by atoms with Crippen molar-refractivity contribution in [1.82, 2.24) is 20.4 Å². The molecule has 0 amide bonds. The van der Waals surface area contributed by atoms with Gasteiger partial charge in [-0.15, -0.1) is 0 Å². The quantitative estimate of drug-likeness (QED) is 0.549. The highest BCUT2D eigenvalue weighted by atomic mass is 19.1. The highest BCUT2D eigenvalue weighted by Crippen LogP contribution is 2.23. The number of ether oxygens (including phenoxy) is 1. The summed E-state index contributed by atoms with van der Waals surface area (Å²) in [4.78, 5) is 9.67. The van der Waals surface area contributed by atoms with Gasteiger partial charge < -0.3 is 20.3 Å². The van der Waals surface area contributed by atoms with E-state index in [0.29, 0.717) is 12.6 Å². The minimum atomic E-state index is -0.205. The van der Waals surface area contributed by atoms with Crippen LogP contribution in [0.1, 0.15) is 31.4 Å². The maximum absolute atomic E-state index is 13.4. The Morgan fingerprint density at radius 3 is 2.61 bits per heavy atom. The Balaban J connectivity index is 1.68. The molecule has 2 fully saturated rings. The molecule has 7 heteroatoms. The fourth-order valence-electron chi connectivity index (χ4n) is 3.98. The Morgan fingerprint density at radius 1 is 1.21 bits per heavy atom. The highest BCUT2D eigenvalue weighted by molar-refractivity contribution is 5.79. The summed E-state index contributed by atoms with van der Waals surface area (Å²) in [5.41, 5.74) is 1.10. The molecular formula is C21H34FN5O. The molecule has 2 N–H and O–H groups in total. The fourth-order valence-corrected chi connectivity index (χ4v) is 3.98. The lowest BCUT2D eigenvalue weighted by molar-refractivity contribution is 0.0179. The maximum Gasteiger partial charge on any atom is 0.191 e. The molecule has 2 heterocycles. The number of nitrogens with one attached hydrogen (secondary N) is 2. The van der Waals surface area contributed by atoms with Crippen molar-refractivity contribution in [2.24, 2.45) is 4.99 Å². The van der Waals surface area contributed by atoms with E-state index in [1.54, 1.807) is 0 Å². The highest BCUT2D eigenvalue weighted by Gasteiger charge is 2.23. The van der Waals surface area contributed by atoms with E-state index in [2.05, 4.69) is 34.4 Å². The van der Waals surface area contributed by atoms with E-state index in [-0.39, 0.29) is 11.9 Å². The van der Waals surface area contributed by atoms with Crippen LogP contribution in [0.2, 0.25) is 0 Å². The Morgan fingerprint density at radius 2 is 1.96 bits per heavy atom. The van der Waals surface area contributed by atoms with Gasteiger partial charge in [-0.2, -0.15) is 0 Å². The first-order valence-corrected chi connectivity index (χ1v) is 10.5. The van der Waals surface area contributed by atoms with Crippen LogP contribution < -0.4 is 10.6 Å². The summed E-state index contributed by atoms with van der Waals surface area (Å²) in [6.07, 6.45) is 2.50. The van der Waals surface area contributed by atoms with Crippen molar-refractivity contribution in [1.29, 1.82) is 0 Å². The molecule has 0 spiro atoms. The van der Waals surface area contributed by atoms with Gasteiger partial charge in [0.25, 0.3) is 0 Å². The van der Waals surface area contributed by atoms with E-state index in [1.165, 1.54) is 31.5 Å². The second-order valence-electron chi connectivity index (χ2n) is 7.59. The van der Waals surface area contributed by atoms with E-state index >= 15 is 0 Å². The summed E-state index contributed by atoms with van der Waals surface area (Å²) in [6, 6.07) is 7.50. The predicted octanol–water partition coefficient (Wildman–Crippen LogP) is 1.85. The molecule has 3 rings (SSSR count). The molecule has 2 saturated heterocycles. The minimum absolute atomic E-state index is 0.120. The van der Waals surface area contributed by atoms with Crippen molar-refractivity contribution in [2.75, 3.05) is 59.5 Å². The first kappa shape index (κ1) is 21.0. The molecule has 0 aliphatic carbocycles. The molecule has 0 saturated carbocycles. The summed E-state index contributed by atoms with van der Waals surface area (Å²) in [6.45, 7) is 8.81. The molecule has 0 aromatic heterocycles. The summed E-state index contributed by atoms with van der Waals surface area (Å²) in [5, 5.41) is 6.86. The Labute approximate surface area is 168 Å². The minimum Gasteiger partial charge on any atom is -0.379 e. The van der Waals surface area contributed by atoms with E-state index in [9.17, 15) is 4.39 Å². The van der Waals surface area contributed by atoms with Crippen LogP contribution in [0.15, 0.2) is 29.3 Å². The van der Waals surface area contributed by atoms with Gasteiger partial charge in [-0.3, -0.25) is 9.89 Å². The number of morpholine rings is 1. The lowest BCUT2D eigenvalue weighted by Gasteiger charge is -2.34. The van der Waals surface area contributed by atoms with E-state index in [1.807, 2.05) is 12.1 Å². The Bertz CT molecular complexity index is 618. The topological polar surface area (TPSA) is 52.1 Å². The van der Waals surface area contributed by atoms with Gasteiger partial charge in [0.05, 0.1) is 25.8 Å². The lowest BCUT2D eigenvalue weighted by Crippen LogP contribution is -2.45. The second-order valence-corrected chi connectivity index (χ2v) is 7.59. The smallest absolute Gasteiger partial charge is 0.191 e. The summed E-state index contributed by atoms with van der Waals surface area (Å²) < 4.78 is 18.9. The molecule has 0 bridgehead atoms. The number of rotatable bonds is 7. The third kappa shape index (κ3) is 5.90. The molecule has 2 atom stereocenters. The van der Waals surface area contributed by atoms with Gasteiger partial charge in [-0.05, 0) is 51.1 Å². The van der Waals surface area contributed by atoms with Gasteiger partial charge in [0, 0.05) is 32.2 Å². The standard InChI is InChI=1S/C21H34FN5O/c1-3-23-21(24-15-19-5-4-10-26(19)2)25-16-20(27-11-13-28-14-12-27)17-6-8-18(22)9-7-17/h6-9,19-20H,3-5,10-16H2,1-2H3,(H2,23,24,25). The van der Waals surface area contributed by atoms with Crippen LogP contribution >= 0.6 is 0 Å². The zero-order valence-corrected chi connectivity index (χ0v) is 17.2. The molecule has 2 unspecified atom stereocenters. The van der Waals surface area contributed by atoms with Crippen molar-refractivity contribution >= 4 is 5.96 Å². The van der Waals surface area contributed by atoms with Gasteiger partial charge in [0.1, 0.15) is 5.82 Å². The monoisotopic (exact) mass is 391 g/mol. The zero-order valence-electron chi connectivity index (χ0n) is 17.2. The molecule has 6 nitrogen and oxygen atoms in total. The third-order valence-corrected chi connectivity index (χ3v) is 5.68. The van der Waals surface area contributed by atoms with Crippen LogP contribution in [-0.4, -0.2) is 81.3 Å². The van der Waals surface area contributed by atoms with Crippen LogP contribution in [0, 0.1) is 5.82 Å². The third-order valence-electron chi connectivity index (χ3n) is 5.68. The number of hydrogen-bond donors (Lipinski definition) is 2. The van der Waals surface area contributed by atoms with Gasteiger partial charge in [0.2, 0.25) is 0 Å². The van der Waals surface area contributed by atoms with Gasteiger partial charge >= 0.3 is 0 Å². The molecule has 2 aliphatic rings. The molecular weight excluding hydrogens is 357 g/mol. The van der Waals surface area contributed by atoms with E-state index in [4.69, 9.17) is 9.73 Å².